The summed E-state index contributed by atoms with van der Waals surface area (Å²) in [5.41, 5.74) is 0.609. The number of carbonyl (C=O) groups excluding carboxylic acids is 4. The molecule has 1 amide bonds. The minimum Gasteiger partial charge on any atom is -0.431 e. The van der Waals surface area contributed by atoms with E-state index in [0.29, 0.717) is 47.7 Å². The summed E-state index contributed by atoms with van der Waals surface area (Å²) in [4.78, 5) is 63.1. The number of halogens is 2. The lowest BCUT2D eigenvalue weighted by molar-refractivity contribution is -0.156. The highest BCUT2D eigenvalue weighted by Crippen LogP contribution is 2.34. The summed E-state index contributed by atoms with van der Waals surface area (Å²) in [7, 11) is 0. The molecule has 0 spiro atoms. The summed E-state index contributed by atoms with van der Waals surface area (Å²) >= 11 is 6.22. The number of fused-ring (bicyclic) bond motifs is 1. The first-order valence-electron chi connectivity index (χ1n) is 13.3. The van der Waals surface area contributed by atoms with Gasteiger partial charge in [-0.15, -0.1) is 0 Å². The van der Waals surface area contributed by atoms with Gasteiger partial charge in [0, 0.05) is 35.7 Å². The predicted octanol–water partition coefficient (Wildman–Crippen LogP) is 5.23. The molecule has 12 heteroatoms. The molecule has 2 aromatic carbocycles. The number of hydrogen-bond acceptors (Lipinski definition) is 9. The number of ether oxygens (including phenoxy) is 3. The van der Waals surface area contributed by atoms with Crippen LogP contribution in [0.5, 0.6) is 0 Å². The second kappa shape index (κ2) is 13.6. The first kappa shape index (κ1) is 30.7. The first-order valence-corrected chi connectivity index (χ1v) is 13.7. The van der Waals surface area contributed by atoms with Crippen molar-refractivity contribution < 1.29 is 42.2 Å². The fraction of sp³-hybridized carbons (Fsp3) is 0.367. The number of benzene rings is 2. The van der Waals surface area contributed by atoms with Crippen molar-refractivity contribution in [1.29, 1.82) is 0 Å². The van der Waals surface area contributed by atoms with Crippen LogP contribution in [-0.2, 0) is 28.6 Å². The molecule has 1 aromatic heterocycles. The Labute approximate surface area is 245 Å². The van der Waals surface area contributed by atoms with Gasteiger partial charge in [-0.3, -0.25) is 9.59 Å². The van der Waals surface area contributed by atoms with Crippen LogP contribution in [0.3, 0.4) is 0 Å². The molecule has 0 aliphatic carbocycles. The summed E-state index contributed by atoms with van der Waals surface area (Å²) in [6.45, 7) is 3.34. The predicted molar refractivity (Wildman–Crippen MR) is 149 cm³/mol. The minimum absolute atomic E-state index is 0.00597. The monoisotopic (exact) mass is 601 g/mol. The molecular weight excluding hydrogens is 573 g/mol. The van der Waals surface area contributed by atoms with Crippen molar-refractivity contribution in [2.24, 2.45) is 5.92 Å². The lowest BCUT2D eigenvalue weighted by atomic mass is 9.91. The molecular formula is C30H29ClFNO9. The molecule has 1 aliphatic heterocycles. The third kappa shape index (κ3) is 7.52. The van der Waals surface area contributed by atoms with Gasteiger partial charge < -0.3 is 28.3 Å². The zero-order chi connectivity index (χ0) is 30.4. The van der Waals surface area contributed by atoms with Gasteiger partial charge in [0.1, 0.15) is 23.6 Å². The van der Waals surface area contributed by atoms with E-state index in [9.17, 15) is 28.4 Å². The number of carbonyl (C=O) groups is 4. The number of piperidine rings is 1. The van der Waals surface area contributed by atoms with E-state index < -0.39 is 42.2 Å². The smallest absolute Gasteiger partial charge is 0.431 e. The Balaban J connectivity index is 1.45. The number of amides is 1. The van der Waals surface area contributed by atoms with Crippen LogP contribution in [0.1, 0.15) is 44.6 Å². The molecule has 0 saturated carbocycles. The third-order valence-corrected chi connectivity index (χ3v) is 7.08. The maximum Gasteiger partial charge on any atom is 0.511 e. The average molecular weight is 602 g/mol. The fourth-order valence-corrected chi connectivity index (χ4v) is 5.14. The molecule has 3 aromatic rings. The van der Waals surface area contributed by atoms with Crippen LogP contribution in [0.4, 0.5) is 9.18 Å². The van der Waals surface area contributed by atoms with Gasteiger partial charge in [0.2, 0.25) is 12.7 Å². The zero-order valence-corrected chi connectivity index (χ0v) is 23.7. The molecule has 2 atom stereocenters. The highest BCUT2D eigenvalue weighted by molar-refractivity contribution is 6.33. The molecule has 1 saturated heterocycles. The van der Waals surface area contributed by atoms with E-state index in [-0.39, 0.29) is 35.6 Å². The number of likely N-dealkylation sites (tertiary alicyclic amines) is 1. The quantitative estimate of drug-likeness (QED) is 0.106. The van der Waals surface area contributed by atoms with E-state index in [1.54, 1.807) is 26.0 Å². The number of rotatable bonds is 9. The summed E-state index contributed by atoms with van der Waals surface area (Å²) in [5.74, 6) is -2.98. The Morgan fingerprint density at radius 1 is 1.12 bits per heavy atom. The van der Waals surface area contributed by atoms with Crippen molar-refractivity contribution in [3.05, 3.63) is 69.3 Å². The van der Waals surface area contributed by atoms with E-state index in [0.717, 1.165) is 6.07 Å². The molecule has 10 nitrogen and oxygen atoms in total. The number of esters is 1. The Hall–Kier alpha value is -4.25. The molecule has 0 radical (unpaired) electrons. The van der Waals surface area contributed by atoms with Gasteiger partial charge >= 0.3 is 17.8 Å². The summed E-state index contributed by atoms with van der Waals surface area (Å²) < 4.78 is 33.4. The number of hydrogen-bond donors (Lipinski definition) is 0. The largest absolute Gasteiger partial charge is 0.511 e. The minimum atomic E-state index is -1.18. The summed E-state index contributed by atoms with van der Waals surface area (Å²) in [6.07, 6.45) is 0.468. The van der Waals surface area contributed by atoms with Crippen LogP contribution in [0.2, 0.25) is 5.02 Å². The second-order valence-corrected chi connectivity index (χ2v) is 10.6. The molecule has 0 bridgehead atoms. The standard InChI is InChI=1S/C30H29ClFNO9/c1-17(2)41-30(38)40-16-39-27(35)10-18-4-3-9-33(14-18)29(37)24(15-34)19-5-7-22-23(13-28(36)42-26(22)11-19)21-8-6-20(32)12-25(21)31/h5-8,11-13,15,17-18,24H,3-4,9-10,14,16H2,1-2H3/t18-,24?/m1/s1. The number of nitrogens with zero attached hydrogens (tertiary/aromatic N) is 1. The Morgan fingerprint density at radius 2 is 1.90 bits per heavy atom. The van der Waals surface area contributed by atoms with Gasteiger partial charge in [0.05, 0.1) is 17.5 Å². The lowest BCUT2D eigenvalue weighted by Gasteiger charge is -2.33. The second-order valence-electron chi connectivity index (χ2n) is 10.2. The molecule has 0 N–H and O–H groups in total. The molecule has 42 heavy (non-hydrogen) atoms. The third-order valence-electron chi connectivity index (χ3n) is 6.77. The molecule has 1 unspecified atom stereocenters. The normalized spacial score (nSPS) is 15.7. The van der Waals surface area contributed by atoms with E-state index >= 15 is 0 Å². The maximum atomic E-state index is 13.6. The van der Waals surface area contributed by atoms with Crippen LogP contribution < -0.4 is 5.63 Å². The highest BCUT2D eigenvalue weighted by Gasteiger charge is 2.31. The SMILES string of the molecule is CC(C)OC(=O)OCOC(=O)C[C@H]1CCCN(C(=O)C(C=O)c2ccc3c(-c4ccc(F)cc4Cl)cc(=O)oc3c2)C1. The van der Waals surface area contributed by atoms with E-state index in [4.69, 9.17) is 30.2 Å². The van der Waals surface area contributed by atoms with Crippen LogP contribution >= 0.6 is 11.6 Å². The van der Waals surface area contributed by atoms with Crippen molar-refractivity contribution >= 4 is 46.9 Å². The van der Waals surface area contributed by atoms with Crippen molar-refractivity contribution in [3.8, 4) is 11.1 Å². The van der Waals surface area contributed by atoms with Crippen molar-refractivity contribution in [2.75, 3.05) is 19.9 Å². The topological polar surface area (TPSA) is 129 Å². The van der Waals surface area contributed by atoms with Crippen molar-refractivity contribution in [1.82, 2.24) is 4.90 Å². The Morgan fingerprint density at radius 3 is 2.62 bits per heavy atom. The van der Waals surface area contributed by atoms with Gasteiger partial charge in [0.25, 0.3) is 0 Å². The summed E-state index contributed by atoms with van der Waals surface area (Å²) in [5, 5.41) is 0.596. The van der Waals surface area contributed by atoms with E-state index in [1.165, 1.54) is 29.2 Å². The summed E-state index contributed by atoms with van der Waals surface area (Å²) in [6, 6.07) is 9.71. The Bertz CT molecular complexity index is 1550. The van der Waals surface area contributed by atoms with Gasteiger partial charge in [-0.2, -0.15) is 0 Å². The fourth-order valence-electron chi connectivity index (χ4n) is 4.88. The van der Waals surface area contributed by atoms with E-state index in [1.807, 2.05) is 0 Å². The van der Waals surface area contributed by atoms with Gasteiger partial charge in [-0.05, 0) is 62.4 Å². The Kier molecular flexibility index (Phi) is 9.95. The zero-order valence-electron chi connectivity index (χ0n) is 23.0. The van der Waals surface area contributed by atoms with Gasteiger partial charge in [-0.25, -0.2) is 14.0 Å². The number of aldehydes is 1. The van der Waals surface area contributed by atoms with Crippen LogP contribution in [0.25, 0.3) is 22.1 Å². The van der Waals surface area contributed by atoms with Crippen molar-refractivity contribution in [3.63, 3.8) is 0 Å². The van der Waals surface area contributed by atoms with Crippen LogP contribution in [0.15, 0.2) is 51.7 Å². The lowest BCUT2D eigenvalue weighted by Crippen LogP contribution is -2.43. The average Bonchev–Trinajstić information content (AvgIpc) is 2.92. The maximum absolute atomic E-state index is 13.6. The highest BCUT2D eigenvalue weighted by atomic mass is 35.5. The van der Waals surface area contributed by atoms with Gasteiger partial charge in [-0.1, -0.05) is 23.7 Å². The molecule has 4 rings (SSSR count). The molecule has 1 aliphatic rings. The van der Waals surface area contributed by atoms with Gasteiger partial charge in [0.15, 0.2) is 0 Å². The first-order chi connectivity index (χ1) is 20.0. The van der Waals surface area contributed by atoms with E-state index in [2.05, 4.69) is 0 Å². The van der Waals surface area contributed by atoms with Crippen molar-refractivity contribution in [2.45, 2.75) is 45.1 Å². The molecule has 2 heterocycles. The van der Waals surface area contributed by atoms with Crippen LogP contribution in [-0.4, -0.2) is 55.2 Å². The molecule has 1 fully saturated rings. The van der Waals surface area contributed by atoms with Crippen LogP contribution in [0, 0.1) is 11.7 Å². The molecule has 222 valence electrons.